The highest BCUT2D eigenvalue weighted by Crippen LogP contribution is 2.17. The lowest BCUT2D eigenvalue weighted by molar-refractivity contribution is -0.124. The summed E-state index contributed by atoms with van der Waals surface area (Å²) >= 11 is 0. The van der Waals surface area contributed by atoms with E-state index in [2.05, 4.69) is 15.3 Å². The summed E-state index contributed by atoms with van der Waals surface area (Å²) < 4.78 is 0. The Labute approximate surface area is 89.5 Å². The van der Waals surface area contributed by atoms with Crippen molar-refractivity contribution >= 4 is 5.91 Å². The van der Waals surface area contributed by atoms with E-state index in [0.717, 1.165) is 5.82 Å². The molecule has 1 amide bonds. The van der Waals surface area contributed by atoms with Crippen LogP contribution < -0.4 is 11.1 Å². The summed E-state index contributed by atoms with van der Waals surface area (Å²) in [5.41, 5.74) is 5.56. The van der Waals surface area contributed by atoms with Crippen LogP contribution >= 0.6 is 0 Å². The molecule has 1 aromatic heterocycles. The number of aromatic nitrogens is 2. The van der Waals surface area contributed by atoms with Gasteiger partial charge < -0.3 is 16.0 Å². The molecule has 0 aliphatic heterocycles. The highest BCUT2D eigenvalue weighted by molar-refractivity contribution is 5.82. The normalized spacial score (nSPS) is 13.6. The van der Waals surface area contributed by atoms with Gasteiger partial charge in [-0.3, -0.25) is 4.79 Å². The minimum atomic E-state index is -0.507. The summed E-state index contributed by atoms with van der Waals surface area (Å²) in [6.07, 6.45) is 3.36. The van der Waals surface area contributed by atoms with Crippen LogP contribution in [0, 0.1) is 5.41 Å². The molecule has 0 spiro atoms. The van der Waals surface area contributed by atoms with E-state index in [-0.39, 0.29) is 11.3 Å². The number of rotatable bonds is 3. The number of imidazole rings is 1. The van der Waals surface area contributed by atoms with Crippen molar-refractivity contribution in [2.45, 2.75) is 33.4 Å². The maximum atomic E-state index is 11.6. The summed E-state index contributed by atoms with van der Waals surface area (Å²) in [6.45, 7) is 6.19. The maximum Gasteiger partial charge on any atom is 0.237 e. The van der Waals surface area contributed by atoms with Crippen LogP contribution in [0.2, 0.25) is 0 Å². The third-order valence-corrected chi connectivity index (χ3v) is 2.20. The van der Waals surface area contributed by atoms with Gasteiger partial charge in [-0.2, -0.15) is 0 Å². The Hall–Kier alpha value is -1.36. The van der Waals surface area contributed by atoms with Crippen molar-refractivity contribution in [2.24, 2.45) is 11.1 Å². The Morgan fingerprint density at radius 1 is 1.67 bits per heavy atom. The monoisotopic (exact) mass is 210 g/mol. The predicted octanol–water partition coefficient (Wildman–Crippen LogP) is 0.399. The van der Waals surface area contributed by atoms with Gasteiger partial charge in [0.2, 0.25) is 5.91 Å². The minimum absolute atomic E-state index is 0.154. The first-order chi connectivity index (χ1) is 6.91. The molecule has 0 aromatic carbocycles. The van der Waals surface area contributed by atoms with E-state index < -0.39 is 6.04 Å². The van der Waals surface area contributed by atoms with Crippen LogP contribution in [0.15, 0.2) is 12.4 Å². The highest BCUT2D eigenvalue weighted by Gasteiger charge is 2.27. The number of aromatic amines is 1. The van der Waals surface area contributed by atoms with Gasteiger partial charge in [-0.25, -0.2) is 4.98 Å². The molecule has 15 heavy (non-hydrogen) atoms. The number of amides is 1. The summed E-state index contributed by atoms with van der Waals surface area (Å²) in [5, 5.41) is 2.73. The molecule has 0 unspecified atom stereocenters. The summed E-state index contributed by atoms with van der Waals surface area (Å²) in [5.74, 6) is 0.573. The molecule has 0 aliphatic rings. The maximum absolute atomic E-state index is 11.6. The molecule has 1 aromatic rings. The van der Waals surface area contributed by atoms with E-state index >= 15 is 0 Å². The smallest absolute Gasteiger partial charge is 0.237 e. The summed E-state index contributed by atoms with van der Waals surface area (Å²) in [6, 6.07) is -0.507. The zero-order valence-corrected chi connectivity index (χ0v) is 9.37. The SMILES string of the molecule is CC(C)(C)[C@H](N)C(=O)NCc1ncc[nH]1. The Morgan fingerprint density at radius 3 is 2.80 bits per heavy atom. The second kappa shape index (κ2) is 4.44. The molecule has 1 rings (SSSR count). The first-order valence-corrected chi connectivity index (χ1v) is 4.93. The van der Waals surface area contributed by atoms with Crippen molar-refractivity contribution in [1.82, 2.24) is 15.3 Å². The van der Waals surface area contributed by atoms with Crippen molar-refractivity contribution < 1.29 is 4.79 Å². The highest BCUT2D eigenvalue weighted by atomic mass is 16.2. The number of nitrogens with zero attached hydrogens (tertiary/aromatic N) is 1. The van der Waals surface area contributed by atoms with Gasteiger partial charge in [0.15, 0.2) is 0 Å². The minimum Gasteiger partial charge on any atom is -0.348 e. The van der Waals surface area contributed by atoms with Crippen LogP contribution in [0.3, 0.4) is 0 Å². The van der Waals surface area contributed by atoms with Gasteiger partial charge >= 0.3 is 0 Å². The van der Waals surface area contributed by atoms with E-state index in [1.165, 1.54) is 0 Å². The first-order valence-electron chi connectivity index (χ1n) is 4.93. The molecular formula is C10H18N4O. The number of carbonyl (C=O) groups is 1. The Bertz CT molecular complexity index is 313. The molecule has 84 valence electrons. The molecule has 0 fully saturated rings. The van der Waals surface area contributed by atoms with Crippen molar-refractivity contribution in [3.63, 3.8) is 0 Å². The van der Waals surface area contributed by atoms with E-state index in [9.17, 15) is 4.79 Å². The van der Waals surface area contributed by atoms with Crippen LogP contribution in [0.4, 0.5) is 0 Å². The molecule has 0 saturated heterocycles. The predicted molar refractivity (Wildman–Crippen MR) is 57.9 cm³/mol. The fourth-order valence-corrected chi connectivity index (χ4v) is 1.07. The van der Waals surface area contributed by atoms with Crippen molar-refractivity contribution in [3.05, 3.63) is 18.2 Å². The largest absolute Gasteiger partial charge is 0.348 e. The lowest BCUT2D eigenvalue weighted by Crippen LogP contribution is -2.48. The van der Waals surface area contributed by atoms with Crippen molar-refractivity contribution in [3.8, 4) is 0 Å². The zero-order chi connectivity index (χ0) is 11.5. The van der Waals surface area contributed by atoms with Crippen molar-refractivity contribution in [1.29, 1.82) is 0 Å². The van der Waals surface area contributed by atoms with Crippen LogP contribution in [0.25, 0.3) is 0 Å². The lowest BCUT2D eigenvalue weighted by atomic mass is 9.87. The molecule has 0 aliphatic carbocycles. The van der Waals surface area contributed by atoms with E-state index in [1.54, 1.807) is 12.4 Å². The fourth-order valence-electron chi connectivity index (χ4n) is 1.07. The average molecular weight is 210 g/mol. The van der Waals surface area contributed by atoms with Gasteiger partial charge in [0.25, 0.3) is 0 Å². The molecule has 5 heteroatoms. The molecule has 0 radical (unpaired) electrons. The van der Waals surface area contributed by atoms with Crippen LogP contribution in [-0.4, -0.2) is 21.9 Å². The lowest BCUT2D eigenvalue weighted by Gasteiger charge is -2.25. The van der Waals surface area contributed by atoms with Gasteiger partial charge in [0.1, 0.15) is 5.82 Å². The van der Waals surface area contributed by atoms with Gasteiger partial charge in [0.05, 0.1) is 12.6 Å². The zero-order valence-electron chi connectivity index (χ0n) is 9.37. The van der Waals surface area contributed by atoms with E-state index in [0.29, 0.717) is 6.54 Å². The van der Waals surface area contributed by atoms with Crippen molar-refractivity contribution in [2.75, 3.05) is 0 Å². The molecule has 4 N–H and O–H groups in total. The van der Waals surface area contributed by atoms with Gasteiger partial charge in [0, 0.05) is 12.4 Å². The molecular weight excluding hydrogens is 192 g/mol. The number of nitrogens with two attached hydrogens (primary N) is 1. The Morgan fingerprint density at radius 2 is 2.33 bits per heavy atom. The topological polar surface area (TPSA) is 83.8 Å². The average Bonchev–Trinajstić information content (AvgIpc) is 2.63. The van der Waals surface area contributed by atoms with Gasteiger partial charge in [-0.05, 0) is 5.41 Å². The fraction of sp³-hybridized carbons (Fsp3) is 0.600. The van der Waals surface area contributed by atoms with E-state index in [1.807, 2.05) is 20.8 Å². The summed E-state index contributed by atoms with van der Waals surface area (Å²) in [4.78, 5) is 18.5. The molecule has 5 nitrogen and oxygen atoms in total. The quantitative estimate of drug-likeness (QED) is 0.675. The molecule has 1 atom stereocenters. The van der Waals surface area contributed by atoms with Crippen LogP contribution in [0.1, 0.15) is 26.6 Å². The molecule has 0 bridgehead atoms. The molecule has 1 heterocycles. The van der Waals surface area contributed by atoms with E-state index in [4.69, 9.17) is 5.73 Å². The number of H-pyrrole nitrogens is 1. The third kappa shape index (κ3) is 3.36. The van der Waals surface area contributed by atoms with Gasteiger partial charge in [-0.1, -0.05) is 20.8 Å². The van der Waals surface area contributed by atoms with Crippen LogP contribution in [0.5, 0.6) is 0 Å². The number of carbonyl (C=O) groups excluding carboxylic acids is 1. The Balaban J connectivity index is 2.43. The first kappa shape index (κ1) is 11.7. The molecule has 0 saturated carbocycles. The second-order valence-electron chi connectivity index (χ2n) is 4.60. The Kier molecular flexibility index (Phi) is 3.47. The second-order valence-corrected chi connectivity index (χ2v) is 4.60. The van der Waals surface area contributed by atoms with Crippen LogP contribution in [-0.2, 0) is 11.3 Å². The summed E-state index contributed by atoms with van der Waals surface area (Å²) in [7, 11) is 0. The number of hydrogen-bond acceptors (Lipinski definition) is 3. The standard InChI is InChI=1S/C10H18N4O/c1-10(2,3)8(11)9(15)14-6-7-12-4-5-13-7/h4-5,8H,6,11H2,1-3H3,(H,12,13)(H,14,15)/t8-/m1/s1. The third-order valence-electron chi connectivity index (χ3n) is 2.20. The van der Waals surface area contributed by atoms with Gasteiger partial charge in [-0.15, -0.1) is 0 Å². The number of nitrogens with one attached hydrogen (secondary N) is 2. The number of hydrogen-bond donors (Lipinski definition) is 3.